The van der Waals surface area contributed by atoms with Crippen molar-refractivity contribution in [3.8, 4) is 11.5 Å². The molecular formula is C18H17ClN2O5S. The Kier molecular flexibility index (Phi) is 5.76. The van der Waals surface area contributed by atoms with E-state index in [9.17, 15) is 14.9 Å². The normalized spacial score (nSPS) is 15.6. The maximum atomic E-state index is 12.8. The highest BCUT2D eigenvalue weighted by atomic mass is 35.5. The van der Waals surface area contributed by atoms with Crippen LogP contribution in [-0.4, -0.2) is 30.8 Å². The van der Waals surface area contributed by atoms with Crippen LogP contribution in [0.3, 0.4) is 0 Å². The number of benzene rings is 2. The molecule has 0 saturated heterocycles. The highest BCUT2D eigenvalue weighted by Gasteiger charge is 2.28. The molecule has 3 rings (SSSR count). The van der Waals surface area contributed by atoms with Gasteiger partial charge in [-0.2, -0.15) is 0 Å². The minimum Gasteiger partial charge on any atom is -0.493 e. The molecule has 0 saturated carbocycles. The number of nitrogens with zero attached hydrogens (tertiary/aromatic N) is 1. The molecule has 0 bridgehead atoms. The van der Waals surface area contributed by atoms with Gasteiger partial charge in [0.05, 0.1) is 31.3 Å². The van der Waals surface area contributed by atoms with E-state index in [4.69, 9.17) is 21.1 Å². The molecule has 0 spiro atoms. The summed E-state index contributed by atoms with van der Waals surface area (Å²) < 4.78 is 10.3. The van der Waals surface area contributed by atoms with Crippen molar-refractivity contribution in [2.45, 2.75) is 17.4 Å². The number of hydrogen-bond donors (Lipinski definition) is 1. The lowest BCUT2D eigenvalue weighted by Crippen LogP contribution is -2.31. The summed E-state index contributed by atoms with van der Waals surface area (Å²) in [6, 6.07) is 7.77. The zero-order valence-electron chi connectivity index (χ0n) is 14.7. The van der Waals surface area contributed by atoms with Crippen LogP contribution in [0.4, 0.5) is 5.69 Å². The van der Waals surface area contributed by atoms with E-state index >= 15 is 0 Å². The van der Waals surface area contributed by atoms with Crippen LogP contribution in [0.25, 0.3) is 0 Å². The number of halogens is 1. The molecule has 1 atom stereocenters. The van der Waals surface area contributed by atoms with Crippen molar-refractivity contribution in [1.29, 1.82) is 0 Å². The Morgan fingerprint density at radius 1 is 1.26 bits per heavy atom. The minimum absolute atomic E-state index is 0.0838. The average Bonchev–Trinajstić information content (AvgIpc) is 2.67. The van der Waals surface area contributed by atoms with Crippen molar-refractivity contribution in [1.82, 2.24) is 5.32 Å². The van der Waals surface area contributed by atoms with Crippen molar-refractivity contribution in [3.63, 3.8) is 0 Å². The zero-order chi connectivity index (χ0) is 19.6. The molecule has 27 heavy (non-hydrogen) atoms. The Morgan fingerprint density at radius 3 is 2.63 bits per heavy atom. The van der Waals surface area contributed by atoms with E-state index in [0.29, 0.717) is 11.4 Å². The summed E-state index contributed by atoms with van der Waals surface area (Å²) in [6.45, 7) is 0. The van der Waals surface area contributed by atoms with Crippen LogP contribution in [-0.2, 0) is 0 Å². The third kappa shape index (κ3) is 3.96. The summed E-state index contributed by atoms with van der Waals surface area (Å²) in [6.07, 6.45) is 0.699. The van der Waals surface area contributed by atoms with Gasteiger partial charge in [0.1, 0.15) is 5.56 Å². The van der Waals surface area contributed by atoms with Gasteiger partial charge < -0.3 is 14.8 Å². The van der Waals surface area contributed by atoms with E-state index in [0.717, 1.165) is 16.2 Å². The van der Waals surface area contributed by atoms with Crippen LogP contribution < -0.4 is 14.8 Å². The number of nitrogens with one attached hydrogen (secondary N) is 1. The molecule has 0 radical (unpaired) electrons. The van der Waals surface area contributed by atoms with Gasteiger partial charge in [-0.15, -0.1) is 11.8 Å². The molecule has 1 heterocycles. The smallest absolute Gasteiger partial charge is 0.286 e. The highest BCUT2D eigenvalue weighted by Crippen LogP contribution is 2.39. The first-order valence-corrected chi connectivity index (χ1v) is 9.44. The molecule has 0 fully saturated rings. The number of rotatable bonds is 5. The topological polar surface area (TPSA) is 90.7 Å². The molecule has 2 aromatic carbocycles. The second kappa shape index (κ2) is 8.06. The Balaban J connectivity index is 1.96. The summed E-state index contributed by atoms with van der Waals surface area (Å²) in [4.78, 5) is 24.7. The standard InChI is InChI=1S/C18H17ClN2O5S/c1-25-15-8-12(14(21(23)24)9-16(15)26-2)18(22)20-13-5-6-27-17-4-3-10(19)7-11(13)17/h3-4,7-9,13H,5-6H2,1-2H3,(H,20,22)/t13-/m0/s1. The molecule has 1 aliphatic heterocycles. The number of ether oxygens (including phenoxy) is 2. The van der Waals surface area contributed by atoms with Gasteiger partial charge in [-0.3, -0.25) is 14.9 Å². The second-order valence-corrected chi connectivity index (χ2v) is 7.40. The largest absolute Gasteiger partial charge is 0.493 e. The first-order valence-electron chi connectivity index (χ1n) is 8.08. The van der Waals surface area contributed by atoms with E-state index < -0.39 is 10.8 Å². The maximum absolute atomic E-state index is 12.8. The summed E-state index contributed by atoms with van der Waals surface area (Å²) in [5.74, 6) is 0.710. The lowest BCUT2D eigenvalue weighted by molar-refractivity contribution is -0.385. The van der Waals surface area contributed by atoms with Crippen molar-refractivity contribution >= 4 is 35.0 Å². The van der Waals surface area contributed by atoms with Gasteiger partial charge >= 0.3 is 0 Å². The Morgan fingerprint density at radius 2 is 1.96 bits per heavy atom. The Labute approximate surface area is 165 Å². The van der Waals surface area contributed by atoms with Gasteiger partial charge in [-0.25, -0.2) is 0 Å². The molecule has 142 valence electrons. The highest BCUT2D eigenvalue weighted by molar-refractivity contribution is 7.99. The molecule has 0 aliphatic carbocycles. The van der Waals surface area contributed by atoms with Gasteiger partial charge in [0.25, 0.3) is 11.6 Å². The van der Waals surface area contributed by atoms with Gasteiger partial charge in [-0.05, 0) is 30.2 Å². The van der Waals surface area contributed by atoms with Gasteiger partial charge in [0, 0.05) is 21.7 Å². The molecule has 1 amide bonds. The van der Waals surface area contributed by atoms with E-state index in [1.165, 1.54) is 26.4 Å². The molecule has 1 aliphatic rings. The van der Waals surface area contributed by atoms with Crippen LogP contribution >= 0.6 is 23.4 Å². The number of fused-ring (bicyclic) bond motifs is 1. The molecule has 0 unspecified atom stereocenters. The van der Waals surface area contributed by atoms with Crippen LogP contribution in [0.15, 0.2) is 35.2 Å². The van der Waals surface area contributed by atoms with E-state index in [1.807, 2.05) is 12.1 Å². The fourth-order valence-electron chi connectivity index (χ4n) is 2.95. The van der Waals surface area contributed by atoms with Crippen molar-refractivity contribution in [3.05, 3.63) is 56.6 Å². The van der Waals surface area contributed by atoms with Gasteiger partial charge in [-0.1, -0.05) is 11.6 Å². The lowest BCUT2D eigenvalue weighted by Gasteiger charge is -2.26. The zero-order valence-corrected chi connectivity index (χ0v) is 16.2. The summed E-state index contributed by atoms with van der Waals surface area (Å²) in [7, 11) is 2.78. The lowest BCUT2D eigenvalue weighted by atomic mass is 10.0. The third-order valence-corrected chi connectivity index (χ3v) is 5.62. The molecule has 9 heteroatoms. The first-order chi connectivity index (χ1) is 12.9. The Hall–Kier alpha value is -2.45. The second-order valence-electron chi connectivity index (χ2n) is 5.83. The SMILES string of the molecule is COc1cc(C(=O)N[C@H]2CCSc3ccc(Cl)cc32)c([N+](=O)[O-])cc1OC. The van der Waals surface area contributed by atoms with Crippen LogP contribution in [0.5, 0.6) is 11.5 Å². The fraction of sp³-hybridized carbons (Fsp3) is 0.278. The summed E-state index contributed by atoms with van der Waals surface area (Å²) in [5.41, 5.74) is 0.483. The molecule has 2 aromatic rings. The monoisotopic (exact) mass is 408 g/mol. The van der Waals surface area contributed by atoms with E-state index in [1.54, 1.807) is 17.8 Å². The molecule has 1 N–H and O–H groups in total. The number of hydrogen-bond acceptors (Lipinski definition) is 6. The first kappa shape index (κ1) is 19.3. The molecule has 7 nitrogen and oxygen atoms in total. The predicted octanol–water partition coefficient (Wildman–Crippen LogP) is 4.23. The van der Waals surface area contributed by atoms with Crippen molar-refractivity contribution in [2.24, 2.45) is 0 Å². The van der Waals surface area contributed by atoms with Crippen LogP contribution in [0.2, 0.25) is 5.02 Å². The van der Waals surface area contributed by atoms with E-state index in [2.05, 4.69) is 5.32 Å². The quantitative estimate of drug-likeness (QED) is 0.588. The van der Waals surface area contributed by atoms with Crippen LogP contribution in [0.1, 0.15) is 28.4 Å². The van der Waals surface area contributed by atoms with Crippen LogP contribution in [0, 0.1) is 10.1 Å². The molecule has 0 aromatic heterocycles. The number of methoxy groups -OCH3 is 2. The summed E-state index contributed by atoms with van der Waals surface area (Å²) >= 11 is 7.78. The average molecular weight is 409 g/mol. The minimum atomic E-state index is -0.613. The number of thioether (sulfide) groups is 1. The van der Waals surface area contributed by atoms with Gasteiger partial charge in [0.15, 0.2) is 11.5 Å². The fourth-order valence-corrected chi connectivity index (χ4v) is 4.24. The predicted molar refractivity (Wildman–Crippen MR) is 103 cm³/mol. The van der Waals surface area contributed by atoms with Crippen molar-refractivity contribution in [2.75, 3.05) is 20.0 Å². The number of carbonyl (C=O) groups is 1. The van der Waals surface area contributed by atoms with E-state index in [-0.39, 0.29) is 28.8 Å². The number of nitro groups is 1. The van der Waals surface area contributed by atoms with Gasteiger partial charge in [0.2, 0.25) is 0 Å². The number of carbonyl (C=O) groups excluding carboxylic acids is 1. The number of nitro benzene ring substituents is 1. The summed E-state index contributed by atoms with van der Waals surface area (Å²) in [5, 5.41) is 14.9. The third-order valence-electron chi connectivity index (χ3n) is 4.26. The maximum Gasteiger partial charge on any atom is 0.286 e. The van der Waals surface area contributed by atoms with Crippen molar-refractivity contribution < 1.29 is 19.2 Å². The molecular weight excluding hydrogens is 392 g/mol. The number of amides is 1. The Bertz CT molecular complexity index is 906.